The Balaban J connectivity index is 1.49. The number of hydrogen-bond acceptors (Lipinski definition) is 2. The van der Waals surface area contributed by atoms with Gasteiger partial charge in [-0.05, 0) is 53.8 Å². The topological polar surface area (TPSA) is 56.4 Å². The van der Waals surface area contributed by atoms with Crippen molar-refractivity contribution in [3.05, 3.63) is 114 Å². The fourth-order valence-corrected chi connectivity index (χ4v) is 4.33. The highest BCUT2D eigenvalue weighted by atomic mass is 19.1. The summed E-state index contributed by atoms with van der Waals surface area (Å²) in [6.07, 6.45) is 6.67. The molecule has 0 saturated heterocycles. The molecule has 1 heterocycles. The van der Waals surface area contributed by atoms with Crippen LogP contribution in [0, 0.1) is 5.82 Å². The smallest absolute Gasteiger partial charge is 0.247 e. The van der Waals surface area contributed by atoms with Crippen LogP contribution in [0.15, 0.2) is 91.1 Å². The Morgan fingerprint density at radius 3 is 2.38 bits per heavy atom. The molecule has 5 nitrogen and oxygen atoms in total. The highest BCUT2D eigenvalue weighted by Crippen LogP contribution is 2.19. The number of carbonyl (C=O) groups is 2. The zero-order valence-electron chi connectivity index (χ0n) is 21.1. The molecular formula is C31H32FN3O2. The first-order chi connectivity index (χ1) is 18.0. The van der Waals surface area contributed by atoms with Crippen LogP contribution in [-0.2, 0) is 22.6 Å². The van der Waals surface area contributed by atoms with Crippen molar-refractivity contribution in [3.63, 3.8) is 0 Å². The molecule has 0 atom stereocenters. The van der Waals surface area contributed by atoms with E-state index >= 15 is 0 Å². The van der Waals surface area contributed by atoms with Gasteiger partial charge in [-0.1, -0.05) is 67.6 Å². The van der Waals surface area contributed by atoms with E-state index in [0.717, 1.165) is 34.0 Å². The van der Waals surface area contributed by atoms with E-state index in [1.807, 2.05) is 61.7 Å². The Morgan fingerprint density at radius 2 is 1.62 bits per heavy atom. The summed E-state index contributed by atoms with van der Waals surface area (Å²) in [7, 11) is 0. The third-order valence-corrected chi connectivity index (χ3v) is 6.31. The molecule has 0 fully saturated rings. The highest BCUT2D eigenvalue weighted by Gasteiger charge is 2.20. The monoisotopic (exact) mass is 497 g/mol. The molecule has 3 aromatic carbocycles. The first-order valence-electron chi connectivity index (χ1n) is 12.6. The number of carbonyl (C=O) groups excluding carboxylic acids is 2. The van der Waals surface area contributed by atoms with Crippen molar-refractivity contribution in [2.75, 3.05) is 19.6 Å². The van der Waals surface area contributed by atoms with Gasteiger partial charge in [0.25, 0.3) is 0 Å². The van der Waals surface area contributed by atoms with Gasteiger partial charge in [0.15, 0.2) is 0 Å². The average molecular weight is 498 g/mol. The number of para-hydroxylation sites is 1. The minimum Gasteiger partial charge on any atom is -0.361 e. The molecular weight excluding hydrogens is 465 g/mol. The second kappa shape index (κ2) is 12.7. The summed E-state index contributed by atoms with van der Waals surface area (Å²) in [6.45, 7) is 3.28. The van der Waals surface area contributed by atoms with Crippen molar-refractivity contribution < 1.29 is 14.0 Å². The van der Waals surface area contributed by atoms with Crippen LogP contribution < -0.4 is 0 Å². The molecule has 4 rings (SSSR count). The number of nitrogens with one attached hydrogen (secondary N) is 1. The summed E-state index contributed by atoms with van der Waals surface area (Å²) in [5.74, 6) is -0.651. The number of aromatic nitrogens is 1. The number of H-pyrrole nitrogens is 1. The Hall–Kier alpha value is -4.19. The quantitative estimate of drug-likeness (QED) is 0.265. The van der Waals surface area contributed by atoms with E-state index in [9.17, 15) is 14.0 Å². The van der Waals surface area contributed by atoms with Gasteiger partial charge in [0.1, 0.15) is 12.4 Å². The SMILES string of the molecule is CCCN(CC(=O)N(CCc1c[nH]c2ccccc12)Cc1ccc(F)cc1)C(=O)/C=C/c1ccccc1. The summed E-state index contributed by atoms with van der Waals surface area (Å²) < 4.78 is 13.5. The summed E-state index contributed by atoms with van der Waals surface area (Å²) in [5, 5.41) is 1.13. The molecule has 2 amide bonds. The summed E-state index contributed by atoms with van der Waals surface area (Å²) in [4.78, 5) is 33.1. The minimum atomic E-state index is -0.315. The van der Waals surface area contributed by atoms with Crippen LogP contribution in [0.25, 0.3) is 17.0 Å². The molecule has 37 heavy (non-hydrogen) atoms. The predicted molar refractivity (Wildman–Crippen MR) is 146 cm³/mol. The van der Waals surface area contributed by atoms with Gasteiger partial charge >= 0.3 is 0 Å². The summed E-state index contributed by atoms with van der Waals surface area (Å²) in [5.41, 5.74) is 3.94. The second-order valence-corrected chi connectivity index (χ2v) is 9.06. The Kier molecular flexibility index (Phi) is 8.87. The van der Waals surface area contributed by atoms with Gasteiger partial charge in [-0.25, -0.2) is 4.39 Å². The lowest BCUT2D eigenvalue weighted by atomic mass is 10.1. The first kappa shape index (κ1) is 25.9. The number of amides is 2. The molecule has 0 aliphatic heterocycles. The maximum absolute atomic E-state index is 13.5. The normalized spacial score (nSPS) is 11.2. The third-order valence-electron chi connectivity index (χ3n) is 6.31. The van der Waals surface area contributed by atoms with Crippen LogP contribution in [0.4, 0.5) is 4.39 Å². The summed E-state index contributed by atoms with van der Waals surface area (Å²) in [6, 6.07) is 23.9. The van der Waals surface area contributed by atoms with E-state index in [0.29, 0.717) is 26.1 Å². The van der Waals surface area contributed by atoms with Crippen molar-refractivity contribution in [3.8, 4) is 0 Å². The number of fused-ring (bicyclic) bond motifs is 1. The predicted octanol–water partition coefficient (Wildman–Crippen LogP) is 5.83. The van der Waals surface area contributed by atoms with Crippen LogP contribution in [0.3, 0.4) is 0 Å². The molecule has 0 bridgehead atoms. The zero-order valence-corrected chi connectivity index (χ0v) is 21.1. The number of benzene rings is 3. The van der Waals surface area contributed by atoms with Gasteiger partial charge in [-0.15, -0.1) is 0 Å². The molecule has 190 valence electrons. The van der Waals surface area contributed by atoms with Crippen molar-refractivity contribution in [2.45, 2.75) is 26.3 Å². The number of nitrogens with zero attached hydrogens (tertiary/aromatic N) is 2. The Labute approximate surface area is 217 Å². The van der Waals surface area contributed by atoms with Crippen molar-refractivity contribution in [1.29, 1.82) is 0 Å². The molecule has 1 aromatic heterocycles. The van der Waals surface area contributed by atoms with Gasteiger partial charge in [0.2, 0.25) is 11.8 Å². The highest BCUT2D eigenvalue weighted by molar-refractivity contribution is 5.94. The molecule has 0 unspecified atom stereocenters. The standard InChI is InChI=1S/C31H32FN3O2/c1-2-19-34(30(36)17-14-24-8-4-3-5-9-24)23-31(37)35(22-25-12-15-27(32)16-13-25)20-18-26-21-33-29-11-7-6-10-28(26)29/h3-17,21,33H,2,18-20,22-23H2,1H3/b17-14+. The van der Waals surface area contributed by atoms with Crippen LogP contribution >= 0.6 is 0 Å². The van der Waals surface area contributed by atoms with Crippen LogP contribution in [-0.4, -0.2) is 46.2 Å². The van der Waals surface area contributed by atoms with E-state index < -0.39 is 0 Å². The van der Waals surface area contributed by atoms with Gasteiger partial charge in [-0.2, -0.15) is 0 Å². The molecule has 0 aliphatic rings. The van der Waals surface area contributed by atoms with Crippen molar-refractivity contribution >= 4 is 28.8 Å². The van der Waals surface area contributed by atoms with E-state index in [1.165, 1.54) is 18.2 Å². The van der Waals surface area contributed by atoms with Gasteiger partial charge in [0.05, 0.1) is 0 Å². The Morgan fingerprint density at radius 1 is 0.892 bits per heavy atom. The molecule has 0 spiro atoms. The first-order valence-corrected chi connectivity index (χ1v) is 12.6. The van der Waals surface area contributed by atoms with E-state index in [4.69, 9.17) is 0 Å². The number of hydrogen-bond donors (Lipinski definition) is 1. The lowest BCUT2D eigenvalue weighted by Gasteiger charge is -2.27. The maximum atomic E-state index is 13.5. The van der Waals surface area contributed by atoms with Crippen molar-refractivity contribution in [2.24, 2.45) is 0 Å². The fourth-order valence-electron chi connectivity index (χ4n) is 4.33. The zero-order chi connectivity index (χ0) is 26.0. The van der Waals surface area contributed by atoms with Crippen LogP contribution in [0.2, 0.25) is 0 Å². The largest absolute Gasteiger partial charge is 0.361 e. The van der Waals surface area contributed by atoms with E-state index in [1.54, 1.807) is 28.0 Å². The number of aromatic amines is 1. The third kappa shape index (κ3) is 7.17. The molecule has 0 saturated carbocycles. The van der Waals surface area contributed by atoms with Gasteiger partial charge < -0.3 is 14.8 Å². The molecule has 6 heteroatoms. The average Bonchev–Trinajstić information content (AvgIpc) is 3.34. The lowest BCUT2D eigenvalue weighted by molar-refractivity contribution is -0.138. The van der Waals surface area contributed by atoms with Crippen LogP contribution in [0.1, 0.15) is 30.0 Å². The number of halogens is 1. The fraction of sp³-hybridized carbons (Fsp3) is 0.226. The number of rotatable bonds is 11. The maximum Gasteiger partial charge on any atom is 0.247 e. The second-order valence-electron chi connectivity index (χ2n) is 9.06. The lowest BCUT2D eigenvalue weighted by Crippen LogP contribution is -2.43. The molecule has 0 aliphatic carbocycles. The van der Waals surface area contributed by atoms with E-state index in [-0.39, 0.29) is 24.2 Å². The van der Waals surface area contributed by atoms with E-state index in [2.05, 4.69) is 11.1 Å². The van der Waals surface area contributed by atoms with Crippen LogP contribution in [0.5, 0.6) is 0 Å². The molecule has 4 aromatic rings. The van der Waals surface area contributed by atoms with Crippen molar-refractivity contribution in [1.82, 2.24) is 14.8 Å². The molecule has 1 N–H and O–H groups in total. The molecule has 0 radical (unpaired) electrons. The summed E-state index contributed by atoms with van der Waals surface area (Å²) >= 11 is 0. The minimum absolute atomic E-state index is 0.0130. The van der Waals surface area contributed by atoms with Gasteiger partial charge in [0, 0.05) is 42.8 Å². The Bertz CT molecular complexity index is 1350. The van der Waals surface area contributed by atoms with Gasteiger partial charge in [-0.3, -0.25) is 9.59 Å².